The van der Waals surface area contributed by atoms with Gasteiger partial charge in [-0.2, -0.15) is 0 Å². The molecular formula is C20H28N2O3. The van der Waals surface area contributed by atoms with E-state index in [1.165, 1.54) is 5.56 Å². The Balaban J connectivity index is 1.53. The summed E-state index contributed by atoms with van der Waals surface area (Å²) in [6, 6.07) is 14.1. The largest absolute Gasteiger partial charge is 0.467 e. The highest BCUT2D eigenvalue weighted by Gasteiger charge is 2.17. The molecule has 136 valence electrons. The van der Waals surface area contributed by atoms with Crippen LogP contribution < -0.4 is 0 Å². The Kier molecular flexibility index (Phi) is 7.06. The first-order valence-corrected chi connectivity index (χ1v) is 9.09. The van der Waals surface area contributed by atoms with E-state index in [0.29, 0.717) is 12.3 Å². The third kappa shape index (κ3) is 5.97. The third-order valence-corrected chi connectivity index (χ3v) is 4.60. The second-order valence-corrected chi connectivity index (χ2v) is 6.56. The van der Waals surface area contributed by atoms with Crippen LogP contribution in [0.1, 0.15) is 23.8 Å². The molecular weight excluding hydrogens is 316 g/mol. The Labute approximate surface area is 149 Å². The van der Waals surface area contributed by atoms with Crippen LogP contribution in [-0.2, 0) is 11.3 Å². The van der Waals surface area contributed by atoms with Gasteiger partial charge in [0.25, 0.3) is 0 Å². The fraction of sp³-hybridized carbons (Fsp3) is 0.500. The first-order chi connectivity index (χ1) is 12.3. The number of hydrogen-bond donors (Lipinski definition) is 1. The molecule has 5 nitrogen and oxygen atoms in total. The first kappa shape index (κ1) is 18.1. The topological polar surface area (TPSA) is 49.1 Å². The average Bonchev–Trinajstić information content (AvgIpc) is 3.18. The maximum atomic E-state index is 10.4. The first-order valence-electron chi connectivity index (χ1n) is 9.09. The summed E-state index contributed by atoms with van der Waals surface area (Å²) in [4.78, 5) is 4.76. The molecule has 0 radical (unpaired) electrons. The summed E-state index contributed by atoms with van der Waals surface area (Å²) in [5.74, 6) is 0.631. The molecule has 2 heterocycles. The number of benzene rings is 1. The van der Waals surface area contributed by atoms with Crippen LogP contribution in [0.25, 0.3) is 0 Å². The van der Waals surface area contributed by atoms with Crippen LogP contribution >= 0.6 is 0 Å². The second kappa shape index (κ2) is 9.73. The lowest BCUT2D eigenvalue weighted by Gasteiger charge is -2.29. The van der Waals surface area contributed by atoms with Gasteiger partial charge in [-0.25, -0.2) is 0 Å². The van der Waals surface area contributed by atoms with Crippen molar-refractivity contribution in [3.8, 4) is 0 Å². The highest BCUT2D eigenvalue weighted by Crippen LogP contribution is 2.16. The van der Waals surface area contributed by atoms with E-state index in [4.69, 9.17) is 9.15 Å². The standard InChI is InChI=1S/C20H28N2O3/c23-19(20-8-4-13-25-20)17-22(16-18-6-2-1-3-7-18)10-5-9-21-11-14-24-15-12-21/h1-4,6-8,13,19,23H,5,9-12,14-17H2. The molecule has 1 unspecified atom stereocenters. The van der Waals surface area contributed by atoms with Gasteiger partial charge in [-0.1, -0.05) is 30.3 Å². The maximum Gasteiger partial charge on any atom is 0.133 e. The van der Waals surface area contributed by atoms with Gasteiger partial charge < -0.3 is 14.3 Å². The predicted octanol–water partition coefficient (Wildman–Crippen LogP) is 2.54. The molecule has 1 N–H and O–H groups in total. The highest BCUT2D eigenvalue weighted by atomic mass is 16.5. The number of aliphatic hydroxyl groups excluding tert-OH is 1. The maximum absolute atomic E-state index is 10.4. The molecule has 1 atom stereocenters. The van der Waals surface area contributed by atoms with Crippen molar-refractivity contribution in [2.45, 2.75) is 19.1 Å². The van der Waals surface area contributed by atoms with Gasteiger partial charge in [-0.3, -0.25) is 9.80 Å². The molecule has 1 saturated heterocycles. The van der Waals surface area contributed by atoms with E-state index < -0.39 is 6.10 Å². The normalized spacial score (nSPS) is 17.0. The monoisotopic (exact) mass is 344 g/mol. The molecule has 0 bridgehead atoms. The molecule has 1 aromatic carbocycles. The minimum atomic E-state index is -0.595. The van der Waals surface area contributed by atoms with Gasteiger partial charge in [-0.05, 0) is 37.2 Å². The van der Waals surface area contributed by atoms with E-state index in [-0.39, 0.29) is 0 Å². The van der Waals surface area contributed by atoms with Crippen LogP contribution in [0.4, 0.5) is 0 Å². The molecule has 0 aliphatic carbocycles. The lowest BCUT2D eigenvalue weighted by Crippen LogP contribution is -2.38. The summed E-state index contributed by atoms with van der Waals surface area (Å²) in [7, 11) is 0. The Bertz CT molecular complexity index is 582. The second-order valence-electron chi connectivity index (χ2n) is 6.56. The lowest BCUT2D eigenvalue weighted by molar-refractivity contribution is 0.0344. The van der Waals surface area contributed by atoms with Gasteiger partial charge in [0.15, 0.2) is 0 Å². The molecule has 1 aromatic heterocycles. The van der Waals surface area contributed by atoms with Crippen molar-refractivity contribution in [1.29, 1.82) is 0 Å². The van der Waals surface area contributed by atoms with E-state index in [9.17, 15) is 5.11 Å². The minimum absolute atomic E-state index is 0.575. The number of aliphatic hydroxyl groups is 1. The molecule has 0 amide bonds. The summed E-state index contributed by atoms with van der Waals surface area (Å²) < 4.78 is 10.8. The fourth-order valence-electron chi connectivity index (χ4n) is 3.23. The highest BCUT2D eigenvalue weighted by molar-refractivity contribution is 5.14. The van der Waals surface area contributed by atoms with Crippen molar-refractivity contribution in [2.24, 2.45) is 0 Å². The van der Waals surface area contributed by atoms with E-state index in [1.54, 1.807) is 6.26 Å². The number of morpholine rings is 1. The van der Waals surface area contributed by atoms with Crippen molar-refractivity contribution in [2.75, 3.05) is 45.9 Å². The quantitative estimate of drug-likeness (QED) is 0.757. The Morgan fingerprint density at radius 1 is 1.08 bits per heavy atom. The zero-order valence-corrected chi connectivity index (χ0v) is 14.7. The van der Waals surface area contributed by atoms with E-state index in [0.717, 1.165) is 52.4 Å². The average molecular weight is 344 g/mol. The van der Waals surface area contributed by atoms with Crippen molar-refractivity contribution in [3.05, 3.63) is 60.1 Å². The van der Waals surface area contributed by atoms with Crippen LogP contribution in [0.5, 0.6) is 0 Å². The van der Waals surface area contributed by atoms with Crippen LogP contribution in [0.15, 0.2) is 53.1 Å². The molecule has 3 rings (SSSR count). The Morgan fingerprint density at radius 2 is 1.88 bits per heavy atom. The number of furan rings is 1. The van der Waals surface area contributed by atoms with Crippen LogP contribution in [0.3, 0.4) is 0 Å². The van der Waals surface area contributed by atoms with Crippen LogP contribution in [0, 0.1) is 0 Å². The zero-order valence-electron chi connectivity index (χ0n) is 14.7. The van der Waals surface area contributed by atoms with E-state index in [2.05, 4.69) is 34.1 Å². The molecule has 1 fully saturated rings. The predicted molar refractivity (Wildman–Crippen MR) is 97.3 cm³/mol. The number of nitrogens with zero attached hydrogens (tertiary/aromatic N) is 2. The van der Waals surface area contributed by atoms with E-state index >= 15 is 0 Å². The van der Waals surface area contributed by atoms with Gasteiger partial charge in [0.2, 0.25) is 0 Å². The van der Waals surface area contributed by atoms with E-state index in [1.807, 2.05) is 18.2 Å². The van der Waals surface area contributed by atoms with Crippen molar-refractivity contribution >= 4 is 0 Å². The number of ether oxygens (including phenoxy) is 1. The van der Waals surface area contributed by atoms with Gasteiger partial charge in [-0.15, -0.1) is 0 Å². The van der Waals surface area contributed by atoms with Gasteiger partial charge in [0.1, 0.15) is 11.9 Å². The minimum Gasteiger partial charge on any atom is -0.467 e. The van der Waals surface area contributed by atoms with Crippen LogP contribution in [0.2, 0.25) is 0 Å². The lowest BCUT2D eigenvalue weighted by atomic mass is 10.2. The molecule has 1 aliphatic heterocycles. The molecule has 25 heavy (non-hydrogen) atoms. The molecule has 0 spiro atoms. The molecule has 1 aliphatic rings. The summed E-state index contributed by atoms with van der Waals surface area (Å²) in [5, 5.41) is 10.4. The van der Waals surface area contributed by atoms with Gasteiger partial charge in [0, 0.05) is 26.2 Å². The number of hydrogen-bond acceptors (Lipinski definition) is 5. The molecule has 2 aromatic rings. The Hall–Kier alpha value is -1.66. The number of rotatable bonds is 9. The van der Waals surface area contributed by atoms with Crippen molar-refractivity contribution < 1.29 is 14.3 Å². The van der Waals surface area contributed by atoms with Crippen molar-refractivity contribution in [3.63, 3.8) is 0 Å². The third-order valence-electron chi connectivity index (χ3n) is 4.60. The summed E-state index contributed by atoms with van der Waals surface area (Å²) in [5.41, 5.74) is 1.26. The summed E-state index contributed by atoms with van der Waals surface area (Å²) in [6.07, 6.45) is 2.10. The smallest absolute Gasteiger partial charge is 0.133 e. The summed E-state index contributed by atoms with van der Waals surface area (Å²) in [6.45, 7) is 7.15. The Morgan fingerprint density at radius 3 is 2.60 bits per heavy atom. The zero-order chi connectivity index (χ0) is 17.3. The van der Waals surface area contributed by atoms with Gasteiger partial charge >= 0.3 is 0 Å². The molecule has 5 heteroatoms. The molecule has 0 saturated carbocycles. The summed E-state index contributed by atoms with van der Waals surface area (Å²) >= 11 is 0. The fourth-order valence-corrected chi connectivity index (χ4v) is 3.23. The van der Waals surface area contributed by atoms with Crippen LogP contribution in [-0.4, -0.2) is 60.8 Å². The van der Waals surface area contributed by atoms with Crippen molar-refractivity contribution in [1.82, 2.24) is 9.80 Å². The van der Waals surface area contributed by atoms with Gasteiger partial charge in [0.05, 0.1) is 19.5 Å². The SMILES string of the molecule is OC(CN(CCCN1CCOCC1)Cc1ccccc1)c1ccco1.